The minimum Gasteiger partial charge on any atom is -0.385 e. The van der Waals surface area contributed by atoms with Crippen LogP contribution in [-0.2, 0) is 18.0 Å². The molecule has 1 aromatic carbocycles. The van der Waals surface area contributed by atoms with Crippen LogP contribution in [0, 0.1) is 0 Å². The third kappa shape index (κ3) is 3.52. The van der Waals surface area contributed by atoms with E-state index in [-0.39, 0.29) is 0 Å². The number of ether oxygens (including phenoxy) is 1. The number of aromatic amines is 1. The predicted molar refractivity (Wildman–Crippen MR) is 96.0 cm³/mol. The molecule has 0 aliphatic carbocycles. The average molecular weight is 342 g/mol. The predicted octanol–water partition coefficient (Wildman–Crippen LogP) is 3.49. The van der Waals surface area contributed by atoms with Gasteiger partial charge >= 0.3 is 0 Å². The number of carbonyl (C=O) groups excluding carboxylic acids is 1. The van der Waals surface area contributed by atoms with Crippen LogP contribution in [0.2, 0.25) is 0 Å². The van der Waals surface area contributed by atoms with Crippen LogP contribution in [0.25, 0.3) is 10.9 Å². The van der Waals surface area contributed by atoms with Crippen molar-refractivity contribution >= 4 is 33.6 Å². The molecule has 24 heavy (non-hydrogen) atoms. The van der Waals surface area contributed by atoms with Crippen molar-refractivity contribution in [3.8, 4) is 0 Å². The minimum absolute atomic E-state index is 0.336. The van der Waals surface area contributed by atoms with Crippen LogP contribution in [0.3, 0.4) is 0 Å². The van der Waals surface area contributed by atoms with Crippen LogP contribution in [0.15, 0.2) is 47.6 Å². The summed E-state index contributed by atoms with van der Waals surface area (Å²) < 4.78 is 5.79. The molecule has 0 atom stereocenters. The number of primary amides is 1. The van der Waals surface area contributed by atoms with Crippen LogP contribution in [-0.4, -0.2) is 22.3 Å². The smallest absolute Gasteiger partial charge is 0.282 e. The highest BCUT2D eigenvalue weighted by Gasteiger charge is 2.16. The molecule has 6 nitrogen and oxygen atoms in total. The Hall–Kier alpha value is -2.51. The molecule has 0 aliphatic heterocycles. The van der Waals surface area contributed by atoms with Gasteiger partial charge in [-0.3, -0.25) is 4.79 Å². The lowest BCUT2D eigenvalue weighted by atomic mass is 10.2. The molecule has 0 fully saturated rings. The second kappa shape index (κ2) is 7.37. The third-order valence-electron chi connectivity index (χ3n) is 3.55. The monoisotopic (exact) mass is 342 g/mol. The number of hydrogen-bond donors (Lipinski definition) is 3. The first-order chi connectivity index (χ1) is 11.7. The molecule has 2 aromatic heterocycles. The third-order valence-corrected chi connectivity index (χ3v) is 4.24. The number of nitrogens with one attached hydrogen (secondary N) is 2. The normalized spacial score (nSPS) is 10.9. The Labute approximate surface area is 143 Å². The van der Waals surface area contributed by atoms with E-state index < -0.39 is 5.24 Å². The van der Waals surface area contributed by atoms with E-state index in [1.54, 1.807) is 7.05 Å². The molecule has 0 bridgehead atoms. The Morgan fingerprint density at radius 2 is 2.08 bits per heavy atom. The van der Waals surface area contributed by atoms with Gasteiger partial charge in [0.1, 0.15) is 5.03 Å². The molecule has 0 saturated carbocycles. The summed E-state index contributed by atoms with van der Waals surface area (Å²) in [5.74, 6) is 0. The number of nitrogens with zero attached hydrogens (tertiary/aromatic N) is 1. The molecule has 0 radical (unpaired) electrons. The lowest BCUT2D eigenvalue weighted by Crippen LogP contribution is -2.07. The van der Waals surface area contributed by atoms with E-state index in [2.05, 4.69) is 15.3 Å². The molecule has 3 aromatic rings. The molecule has 3 rings (SSSR count). The van der Waals surface area contributed by atoms with Gasteiger partial charge in [0.05, 0.1) is 30.1 Å². The maximum Gasteiger partial charge on any atom is 0.282 e. The first-order valence-corrected chi connectivity index (χ1v) is 8.27. The summed E-state index contributed by atoms with van der Waals surface area (Å²) in [5.41, 5.74) is 8.82. The topological polar surface area (TPSA) is 93.0 Å². The molecule has 0 saturated heterocycles. The van der Waals surface area contributed by atoms with Crippen LogP contribution in [0.1, 0.15) is 11.3 Å². The minimum atomic E-state index is -0.495. The van der Waals surface area contributed by atoms with Crippen molar-refractivity contribution in [3.63, 3.8) is 0 Å². The number of carbonyl (C=O) groups is 1. The number of benzene rings is 1. The molecule has 124 valence electrons. The number of amides is 1. The van der Waals surface area contributed by atoms with Gasteiger partial charge in [0.15, 0.2) is 0 Å². The van der Waals surface area contributed by atoms with Crippen molar-refractivity contribution < 1.29 is 9.53 Å². The highest BCUT2D eigenvalue weighted by Crippen LogP contribution is 2.33. The number of anilines is 1. The quantitative estimate of drug-likeness (QED) is 0.596. The van der Waals surface area contributed by atoms with Crippen LogP contribution >= 0.6 is 11.8 Å². The summed E-state index contributed by atoms with van der Waals surface area (Å²) >= 11 is 0.908. The maximum absolute atomic E-state index is 11.3. The van der Waals surface area contributed by atoms with Gasteiger partial charge in [-0.05, 0) is 23.4 Å². The van der Waals surface area contributed by atoms with Gasteiger partial charge in [-0.15, -0.1) is 0 Å². The van der Waals surface area contributed by atoms with Crippen molar-refractivity contribution in [2.45, 2.75) is 18.2 Å². The molecule has 0 aliphatic rings. The number of thioether (sulfide) groups is 1. The SMILES string of the molecule is CNc1c(SC(N)=O)nc(COCc2ccccc2)c2[nH]ccc12. The zero-order valence-electron chi connectivity index (χ0n) is 13.2. The maximum atomic E-state index is 11.3. The van der Waals surface area contributed by atoms with E-state index in [4.69, 9.17) is 10.5 Å². The molecule has 7 heteroatoms. The summed E-state index contributed by atoms with van der Waals surface area (Å²) in [5, 5.41) is 4.10. The Bertz CT molecular complexity index is 848. The standard InChI is InChI=1S/C17H18N4O2S/c1-19-15-12-7-8-20-14(12)13(21-16(15)24-17(18)22)10-23-9-11-5-3-2-4-6-11/h2-8,19-20H,9-10H2,1H3,(H2,18,22). The summed E-state index contributed by atoms with van der Waals surface area (Å²) in [7, 11) is 1.79. The Balaban J connectivity index is 1.86. The van der Waals surface area contributed by atoms with Gasteiger partial charge in [-0.1, -0.05) is 30.3 Å². The largest absolute Gasteiger partial charge is 0.385 e. The van der Waals surface area contributed by atoms with E-state index in [1.807, 2.05) is 42.6 Å². The number of aromatic nitrogens is 2. The number of rotatable bonds is 6. The van der Waals surface area contributed by atoms with Gasteiger partial charge in [-0.25, -0.2) is 4.98 Å². The number of nitrogens with two attached hydrogens (primary N) is 1. The summed E-state index contributed by atoms with van der Waals surface area (Å²) in [6.45, 7) is 0.832. The Morgan fingerprint density at radius 1 is 1.29 bits per heavy atom. The molecular formula is C17H18N4O2S. The van der Waals surface area contributed by atoms with Gasteiger partial charge in [0.2, 0.25) is 0 Å². The van der Waals surface area contributed by atoms with Crippen molar-refractivity contribution in [3.05, 3.63) is 53.9 Å². The van der Waals surface area contributed by atoms with Gasteiger partial charge in [0.25, 0.3) is 5.24 Å². The van der Waals surface area contributed by atoms with Crippen LogP contribution < -0.4 is 11.1 Å². The first-order valence-electron chi connectivity index (χ1n) is 7.45. The number of fused-ring (bicyclic) bond motifs is 1. The highest BCUT2D eigenvalue weighted by molar-refractivity contribution is 8.13. The van der Waals surface area contributed by atoms with Crippen molar-refractivity contribution in [1.29, 1.82) is 0 Å². The van der Waals surface area contributed by atoms with E-state index in [0.717, 1.165) is 39.6 Å². The van der Waals surface area contributed by atoms with Gasteiger partial charge in [0, 0.05) is 18.6 Å². The molecule has 1 amide bonds. The van der Waals surface area contributed by atoms with E-state index in [0.29, 0.717) is 18.2 Å². The summed E-state index contributed by atoms with van der Waals surface area (Å²) in [6.07, 6.45) is 1.84. The summed E-state index contributed by atoms with van der Waals surface area (Å²) in [6, 6.07) is 11.9. The lowest BCUT2D eigenvalue weighted by Gasteiger charge is -2.12. The molecular weight excluding hydrogens is 324 g/mol. The van der Waals surface area contributed by atoms with E-state index in [1.165, 1.54) is 0 Å². The number of H-pyrrole nitrogens is 1. The number of pyridine rings is 1. The molecule has 0 spiro atoms. The van der Waals surface area contributed by atoms with Gasteiger partial charge < -0.3 is 20.8 Å². The Kier molecular flexibility index (Phi) is 5.02. The fraction of sp³-hybridized carbons (Fsp3) is 0.176. The van der Waals surface area contributed by atoms with Crippen molar-refractivity contribution in [2.24, 2.45) is 5.73 Å². The molecule has 2 heterocycles. The molecule has 0 unspecified atom stereocenters. The summed E-state index contributed by atoms with van der Waals surface area (Å²) in [4.78, 5) is 19.0. The first kappa shape index (κ1) is 16.4. The average Bonchev–Trinajstić information content (AvgIpc) is 3.05. The number of hydrogen-bond acceptors (Lipinski definition) is 5. The van der Waals surface area contributed by atoms with Crippen molar-refractivity contribution in [1.82, 2.24) is 9.97 Å². The highest BCUT2D eigenvalue weighted by atomic mass is 32.2. The van der Waals surface area contributed by atoms with Gasteiger partial charge in [-0.2, -0.15) is 0 Å². The Morgan fingerprint density at radius 3 is 2.79 bits per heavy atom. The molecule has 4 N–H and O–H groups in total. The van der Waals surface area contributed by atoms with E-state index in [9.17, 15) is 4.79 Å². The van der Waals surface area contributed by atoms with Crippen LogP contribution in [0.5, 0.6) is 0 Å². The fourth-order valence-electron chi connectivity index (χ4n) is 2.52. The van der Waals surface area contributed by atoms with E-state index >= 15 is 0 Å². The van der Waals surface area contributed by atoms with Crippen LogP contribution in [0.4, 0.5) is 10.5 Å². The zero-order valence-corrected chi connectivity index (χ0v) is 14.0. The van der Waals surface area contributed by atoms with Crippen molar-refractivity contribution in [2.75, 3.05) is 12.4 Å². The second-order valence-corrected chi connectivity index (χ2v) is 6.15. The second-order valence-electron chi connectivity index (χ2n) is 5.15. The fourth-order valence-corrected chi connectivity index (χ4v) is 3.18. The zero-order chi connectivity index (χ0) is 16.9. The lowest BCUT2D eigenvalue weighted by molar-refractivity contribution is 0.105.